The Bertz CT molecular complexity index is 510. The minimum atomic E-state index is -0.287. The fourth-order valence-electron chi connectivity index (χ4n) is 1.95. The van der Waals surface area contributed by atoms with Crippen LogP contribution in [0.2, 0.25) is 0 Å². The molecular weight excluding hydrogens is 307 g/mol. The van der Waals surface area contributed by atoms with E-state index in [0.717, 1.165) is 12.8 Å². The van der Waals surface area contributed by atoms with Crippen LogP contribution in [0, 0.1) is 5.82 Å². The van der Waals surface area contributed by atoms with Crippen molar-refractivity contribution < 1.29 is 18.7 Å². The summed E-state index contributed by atoms with van der Waals surface area (Å²) in [5, 5.41) is 2.79. The first-order chi connectivity index (χ1) is 10.6. The highest BCUT2D eigenvalue weighted by molar-refractivity contribution is 8.00. The van der Waals surface area contributed by atoms with E-state index < -0.39 is 0 Å². The number of nitrogens with zero attached hydrogens (tertiary/aromatic N) is 1. The molecule has 0 saturated carbocycles. The van der Waals surface area contributed by atoms with E-state index in [1.54, 1.807) is 17.0 Å². The summed E-state index contributed by atoms with van der Waals surface area (Å²) in [4.78, 5) is 24.6. The summed E-state index contributed by atoms with van der Waals surface area (Å²) in [6.07, 6.45) is 1.58. The van der Waals surface area contributed by atoms with Gasteiger partial charge in [0.05, 0.1) is 18.2 Å². The normalized spacial score (nSPS) is 14.2. The molecule has 0 radical (unpaired) electrons. The maximum Gasteiger partial charge on any atom is 0.239 e. The average Bonchev–Trinajstić information content (AvgIpc) is 2.90. The summed E-state index contributed by atoms with van der Waals surface area (Å²) in [5.74, 6) is 1.30. The number of carbonyl (C=O) groups excluding carboxylic acids is 2. The number of ether oxygens (including phenoxy) is 1. The lowest BCUT2D eigenvalue weighted by Gasteiger charge is -2.14. The molecule has 120 valence electrons. The minimum Gasteiger partial charge on any atom is -0.494 e. The van der Waals surface area contributed by atoms with Crippen molar-refractivity contribution >= 4 is 23.6 Å². The maximum atomic E-state index is 12.7. The molecule has 5 nitrogen and oxygen atoms in total. The van der Waals surface area contributed by atoms with Crippen LogP contribution >= 0.6 is 11.8 Å². The average molecular weight is 326 g/mol. The summed E-state index contributed by atoms with van der Waals surface area (Å²) < 4.78 is 18.2. The molecule has 2 amide bonds. The molecule has 1 aromatic carbocycles. The fraction of sp³-hybridized carbons (Fsp3) is 0.467. The van der Waals surface area contributed by atoms with E-state index in [1.807, 2.05) is 0 Å². The fourth-order valence-corrected chi connectivity index (χ4v) is 2.85. The minimum absolute atomic E-state index is 0.0212. The van der Waals surface area contributed by atoms with Crippen molar-refractivity contribution in [3.8, 4) is 5.75 Å². The van der Waals surface area contributed by atoms with Gasteiger partial charge in [0, 0.05) is 6.54 Å². The van der Waals surface area contributed by atoms with Crippen LogP contribution in [0.3, 0.4) is 0 Å². The van der Waals surface area contributed by atoms with Crippen molar-refractivity contribution in [2.24, 2.45) is 0 Å². The van der Waals surface area contributed by atoms with Crippen LogP contribution in [-0.4, -0.2) is 48.0 Å². The third-order valence-corrected chi connectivity index (χ3v) is 4.08. The van der Waals surface area contributed by atoms with Gasteiger partial charge in [-0.05, 0) is 37.1 Å². The van der Waals surface area contributed by atoms with Crippen LogP contribution in [0.5, 0.6) is 5.75 Å². The predicted octanol–water partition coefficient (Wildman–Crippen LogP) is 1.63. The number of unbranched alkanes of at least 4 members (excludes halogenated alkanes) is 1. The van der Waals surface area contributed by atoms with Gasteiger partial charge in [-0.25, -0.2) is 4.39 Å². The second kappa shape index (κ2) is 8.63. The number of thioether (sulfide) groups is 1. The first kappa shape index (κ1) is 16.6. The van der Waals surface area contributed by atoms with Crippen molar-refractivity contribution in [1.29, 1.82) is 0 Å². The zero-order chi connectivity index (χ0) is 15.8. The summed E-state index contributed by atoms with van der Waals surface area (Å²) >= 11 is 1.52. The number of hydrogen-bond donors (Lipinski definition) is 1. The summed E-state index contributed by atoms with van der Waals surface area (Å²) in [6, 6.07) is 5.88. The lowest BCUT2D eigenvalue weighted by molar-refractivity contribution is -0.132. The molecule has 0 bridgehead atoms. The van der Waals surface area contributed by atoms with Crippen LogP contribution in [0.1, 0.15) is 12.8 Å². The molecule has 1 aliphatic rings. The standard InChI is InChI=1S/C15H19FN2O3S/c16-12-3-5-13(6-4-12)21-8-2-1-7-17-14(19)9-18-11-22-10-15(18)20/h3-6H,1-2,7-11H2,(H,17,19). The number of hydrogen-bond acceptors (Lipinski definition) is 4. The first-order valence-electron chi connectivity index (χ1n) is 7.16. The molecule has 1 saturated heterocycles. The summed E-state index contributed by atoms with van der Waals surface area (Å²) in [5.41, 5.74) is 0. The van der Waals surface area contributed by atoms with E-state index in [1.165, 1.54) is 23.9 Å². The van der Waals surface area contributed by atoms with Gasteiger partial charge in [-0.2, -0.15) is 0 Å². The Morgan fingerprint density at radius 3 is 2.77 bits per heavy atom. The summed E-state index contributed by atoms with van der Waals surface area (Å²) in [7, 11) is 0. The van der Waals surface area contributed by atoms with Gasteiger partial charge in [-0.3, -0.25) is 9.59 Å². The Hall–Kier alpha value is -1.76. The van der Waals surface area contributed by atoms with E-state index in [0.29, 0.717) is 30.5 Å². The second-order valence-corrected chi connectivity index (χ2v) is 5.88. The molecule has 1 fully saturated rings. The van der Waals surface area contributed by atoms with Gasteiger partial charge >= 0.3 is 0 Å². The molecule has 0 spiro atoms. The van der Waals surface area contributed by atoms with Crippen molar-refractivity contribution in [2.45, 2.75) is 12.8 Å². The van der Waals surface area contributed by atoms with Crippen molar-refractivity contribution in [3.63, 3.8) is 0 Å². The molecule has 1 aromatic rings. The molecular formula is C15H19FN2O3S. The van der Waals surface area contributed by atoms with Crippen LogP contribution in [-0.2, 0) is 9.59 Å². The van der Waals surface area contributed by atoms with Crippen molar-refractivity contribution in [3.05, 3.63) is 30.1 Å². The van der Waals surface area contributed by atoms with Gasteiger partial charge < -0.3 is 15.0 Å². The largest absolute Gasteiger partial charge is 0.494 e. The number of nitrogens with one attached hydrogen (secondary N) is 1. The highest BCUT2D eigenvalue weighted by Crippen LogP contribution is 2.14. The Kier molecular flexibility index (Phi) is 6.51. The molecule has 0 atom stereocenters. The molecule has 0 aliphatic carbocycles. The summed E-state index contributed by atoms with van der Waals surface area (Å²) in [6.45, 7) is 1.21. The number of carbonyl (C=O) groups is 2. The molecule has 0 aromatic heterocycles. The molecule has 7 heteroatoms. The van der Waals surface area contributed by atoms with Crippen molar-refractivity contribution in [1.82, 2.24) is 10.2 Å². The van der Waals surface area contributed by atoms with E-state index in [9.17, 15) is 14.0 Å². The SMILES string of the molecule is O=C(CN1CSCC1=O)NCCCCOc1ccc(F)cc1. The van der Waals surface area contributed by atoms with Crippen LogP contribution in [0.4, 0.5) is 4.39 Å². The molecule has 22 heavy (non-hydrogen) atoms. The Morgan fingerprint density at radius 2 is 2.09 bits per heavy atom. The smallest absolute Gasteiger partial charge is 0.239 e. The van der Waals surface area contributed by atoms with Crippen LogP contribution in [0.15, 0.2) is 24.3 Å². The Balaban J connectivity index is 1.51. The quantitative estimate of drug-likeness (QED) is 0.738. The topological polar surface area (TPSA) is 58.6 Å². The number of benzene rings is 1. The van der Waals surface area contributed by atoms with Crippen LogP contribution < -0.4 is 10.1 Å². The molecule has 1 heterocycles. The Labute approximate surface area is 133 Å². The molecule has 1 N–H and O–H groups in total. The van der Waals surface area contributed by atoms with Crippen molar-refractivity contribution in [2.75, 3.05) is 31.3 Å². The van der Waals surface area contributed by atoms with Crippen LogP contribution in [0.25, 0.3) is 0 Å². The zero-order valence-electron chi connectivity index (χ0n) is 12.2. The lowest BCUT2D eigenvalue weighted by Crippen LogP contribution is -2.38. The molecule has 0 unspecified atom stereocenters. The maximum absolute atomic E-state index is 12.7. The third-order valence-electron chi connectivity index (χ3n) is 3.14. The first-order valence-corrected chi connectivity index (χ1v) is 8.31. The van der Waals surface area contributed by atoms with E-state index in [4.69, 9.17) is 4.74 Å². The van der Waals surface area contributed by atoms with Gasteiger partial charge in [0.25, 0.3) is 0 Å². The van der Waals surface area contributed by atoms with E-state index in [2.05, 4.69) is 5.32 Å². The van der Waals surface area contributed by atoms with Gasteiger partial charge in [-0.1, -0.05) is 0 Å². The van der Waals surface area contributed by atoms with Gasteiger partial charge in [0.1, 0.15) is 18.1 Å². The highest BCUT2D eigenvalue weighted by atomic mass is 32.2. The zero-order valence-corrected chi connectivity index (χ0v) is 13.0. The number of amides is 2. The predicted molar refractivity (Wildman–Crippen MR) is 83.2 cm³/mol. The van der Waals surface area contributed by atoms with Gasteiger partial charge in [0.15, 0.2) is 0 Å². The highest BCUT2D eigenvalue weighted by Gasteiger charge is 2.22. The number of halogens is 1. The lowest BCUT2D eigenvalue weighted by atomic mass is 10.3. The monoisotopic (exact) mass is 326 g/mol. The Morgan fingerprint density at radius 1 is 1.32 bits per heavy atom. The van der Waals surface area contributed by atoms with Gasteiger partial charge in [0.2, 0.25) is 11.8 Å². The molecule has 1 aliphatic heterocycles. The molecule has 2 rings (SSSR count). The third kappa shape index (κ3) is 5.55. The number of rotatable bonds is 8. The second-order valence-electron chi connectivity index (χ2n) is 4.93. The van der Waals surface area contributed by atoms with E-state index in [-0.39, 0.29) is 24.2 Å². The van der Waals surface area contributed by atoms with Gasteiger partial charge in [-0.15, -0.1) is 11.8 Å². The van der Waals surface area contributed by atoms with E-state index >= 15 is 0 Å².